The highest BCUT2D eigenvalue weighted by atomic mass is 79.9. The van der Waals surface area contributed by atoms with Gasteiger partial charge in [-0.1, -0.05) is 34.1 Å². The van der Waals surface area contributed by atoms with E-state index in [4.69, 9.17) is 0 Å². The average molecular weight is 478 g/mol. The lowest BCUT2D eigenvalue weighted by atomic mass is 10.1. The Labute approximate surface area is 188 Å². The third kappa shape index (κ3) is 3.72. The minimum Gasteiger partial charge on any atom is -0.318 e. The van der Waals surface area contributed by atoms with Crippen LogP contribution in [0.5, 0.6) is 0 Å². The quantitative estimate of drug-likeness (QED) is 0.433. The molecule has 31 heavy (non-hydrogen) atoms. The van der Waals surface area contributed by atoms with E-state index in [9.17, 15) is 14.4 Å². The highest BCUT2D eigenvalue weighted by Gasteiger charge is 2.37. The Morgan fingerprint density at radius 1 is 0.935 bits per heavy atom. The van der Waals surface area contributed by atoms with Crippen molar-refractivity contribution in [1.82, 2.24) is 9.88 Å². The number of hydrogen-bond acceptors (Lipinski definition) is 3. The average Bonchev–Trinajstić information content (AvgIpc) is 3.00. The number of nitrogens with one attached hydrogen (secondary N) is 1. The van der Waals surface area contributed by atoms with Crippen LogP contribution >= 0.6 is 15.9 Å². The summed E-state index contributed by atoms with van der Waals surface area (Å²) in [6.45, 7) is 5.70. The zero-order valence-electron chi connectivity index (χ0n) is 17.3. The number of nitrogens with zero attached hydrogens (tertiary/aromatic N) is 2. The summed E-state index contributed by atoms with van der Waals surface area (Å²) in [5.41, 5.74) is 4.67. The Kier molecular flexibility index (Phi) is 5.37. The zero-order valence-corrected chi connectivity index (χ0v) is 18.9. The Balaban J connectivity index is 1.77. The van der Waals surface area contributed by atoms with Crippen LogP contribution in [0.1, 0.15) is 22.5 Å². The number of amides is 4. The number of para-hydroxylation sites is 1. The second-order valence-corrected chi connectivity index (χ2v) is 8.30. The monoisotopic (exact) mass is 477 g/mol. The van der Waals surface area contributed by atoms with Crippen molar-refractivity contribution in [2.45, 2.75) is 20.8 Å². The minimum atomic E-state index is -0.748. The number of urea groups is 1. The molecule has 2 heterocycles. The Hall–Kier alpha value is -3.45. The molecule has 0 bridgehead atoms. The molecule has 0 unspecified atom stereocenters. The molecular formula is C24H20BrN3O3. The molecule has 0 spiro atoms. The van der Waals surface area contributed by atoms with Gasteiger partial charge in [-0.15, -0.1) is 0 Å². The fourth-order valence-corrected chi connectivity index (χ4v) is 4.03. The highest BCUT2D eigenvalue weighted by molar-refractivity contribution is 9.10. The second-order valence-electron chi connectivity index (χ2n) is 7.38. The number of barbiturate groups is 1. The smallest absolute Gasteiger partial charge is 0.318 e. The van der Waals surface area contributed by atoms with E-state index in [-0.39, 0.29) is 5.57 Å². The molecule has 2 aromatic carbocycles. The number of aryl methyl sites for hydroxylation is 2. The first-order valence-electron chi connectivity index (χ1n) is 9.70. The number of imide groups is 2. The normalized spacial score (nSPS) is 15.5. The molecule has 1 N–H and O–H groups in total. The predicted octanol–water partition coefficient (Wildman–Crippen LogP) is 4.83. The van der Waals surface area contributed by atoms with E-state index in [1.165, 1.54) is 0 Å². The van der Waals surface area contributed by atoms with Crippen molar-refractivity contribution in [2.24, 2.45) is 0 Å². The summed E-state index contributed by atoms with van der Waals surface area (Å²) in [5, 5.41) is 2.28. The lowest BCUT2D eigenvalue weighted by Gasteiger charge is -2.27. The third-order valence-corrected chi connectivity index (χ3v) is 5.84. The van der Waals surface area contributed by atoms with Crippen LogP contribution in [-0.2, 0) is 9.59 Å². The summed E-state index contributed by atoms with van der Waals surface area (Å²) < 4.78 is 3.03. The molecule has 0 saturated carbocycles. The molecule has 1 aliphatic rings. The first-order chi connectivity index (χ1) is 14.8. The molecule has 156 valence electrons. The molecule has 3 aromatic rings. The summed E-state index contributed by atoms with van der Waals surface area (Å²) >= 11 is 3.44. The van der Waals surface area contributed by atoms with E-state index in [1.807, 2.05) is 67.8 Å². The number of carbonyl (C=O) groups is 3. The van der Waals surface area contributed by atoms with Crippen molar-refractivity contribution in [2.75, 3.05) is 4.90 Å². The molecule has 1 saturated heterocycles. The van der Waals surface area contributed by atoms with Gasteiger partial charge in [0.1, 0.15) is 5.57 Å². The fraction of sp³-hybridized carbons (Fsp3) is 0.125. The molecule has 1 fully saturated rings. The van der Waals surface area contributed by atoms with E-state index in [1.54, 1.807) is 18.2 Å². The van der Waals surface area contributed by atoms with Gasteiger partial charge < -0.3 is 4.57 Å². The lowest BCUT2D eigenvalue weighted by molar-refractivity contribution is -0.122. The van der Waals surface area contributed by atoms with E-state index >= 15 is 0 Å². The van der Waals surface area contributed by atoms with Gasteiger partial charge >= 0.3 is 6.03 Å². The van der Waals surface area contributed by atoms with Gasteiger partial charge in [0.25, 0.3) is 11.8 Å². The van der Waals surface area contributed by atoms with Crippen LogP contribution in [0.3, 0.4) is 0 Å². The number of rotatable bonds is 3. The van der Waals surface area contributed by atoms with Crippen molar-refractivity contribution in [3.63, 3.8) is 0 Å². The van der Waals surface area contributed by atoms with Gasteiger partial charge in [-0.05, 0) is 74.4 Å². The van der Waals surface area contributed by atoms with Crippen LogP contribution in [0.4, 0.5) is 10.5 Å². The molecule has 7 heteroatoms. The van der Waals surface area contributed by atoms with E-state index in [0.717, 1.165) is 37.6 Å². The molecule has 1 aromatic heterocycles. The number of hydrogen-bond donors (Lipinski definition) is 1. The van der Waals surface area contributed by atoms with E-state index in [2.05, 4.69) is 21.2 Å². The molecule has 0 atom stereocenters. The standard InChI is InChI=1S/C24H20BrN3O3/c1-14-6-4-5-7-21(14)28-23(30)20(22(29)26-24(28)31)13-17-12-15(2)27(16(17)3)19-10-8-18(25)9-11-19/h4-13H,1-3H3,(H,26,29,31)/b20-13+. The summed E-state index contributed by atoms with van der Waals surface area (Å²) in [6.07, 6.45) is 1.55. The molecule has 0 radical (unpaired) electrons. The fourth-order valence-electron chi connectivity index (χ4n) is 3.77. The maximum atomic E-state index is 13.2. The molecule has 0 aliphatic carbocycles. The van der Waals surface area contributed by atoms with Crippen LogP contribution in [-0.4, -0.2) is 22.4 Å². The van der Waals surface area contributed by atoms with E-state index < -0.39 is 17.8 Å². The summed E-state index contributed by atoms with van der Waals surface area (Å²) in [6, 6.07) is 16.1. The van der Waals surface area contributed by atoms with Gasteiger partial charge in [0.05, 0.1) is 5.69 Å². The Morgan fingerprint density at radius 2 is 1.61 bits per heavy atom. The van der Waals surface area contributed by atoms with Crippen LogP contribution in [0.25, 0.3) is 11.8 Å². The van der Waals surface area contributed by atoms with E-state index in [0.29, 0.717) is 5.69 Å². The summed E-state index contributed by atoms with van der Waals surface area (Å²) in [5.74, 6) is -1.34. The SMILES string of the molecule is Cc1ccccc1N1C(=O)NC(=O)/C(=C\c2cc(C)n(-c3ccc(Br)cc3)c2C)C1=O. The van der Waals surface area contributed by atoms with Gasteiger partial charge in [0.2, 0.25) is 0 Å². The number of benzene rings is 2. The topological polar surface area (TPSA) is 71.4 Å². The van der Waals surface area contributed by atoms with Gasteiger partial charge in [-0.3, -0.25) is 14.9 Å². The van der Waals surface area contributed by atoms with Gasteiger partial charge in [0.15, 0.2) is 0 Å². The first kappa shape index (κ1) is 20.8. The van der Waals surface area contributed by atoms with Crippen LogP contribution < -0.4 is 10.2 Å². The lowest BCUT2D eigenvalue weighted by Crippen LogP contribution is -2.54. The zero-order chi connectivity index (χ0) is 22.3. The summed E-state index contributed by atoms with van der Waals surface area (Å²) in [7, 11) is 0. The van der Waals surface area contributed by atoms with Gasteiger partial charge in [0, 0.05) is 21.5 Å². The van der Waals surface area contributed by atoms with Crippen LogP contribution in [0.15, 0.2) is 64.6 Å². The van der Waals surface area contributed by atoms with Crippen molar-refractivity contribution in [3.8, 4) is 5.69 Å². The number of halogens is 1. The third-order valence-electron chi connectivity index (χ3n) is 5.31. The van der Waals surface area contributed by atoms with Crippen molar-refractivity contribution in [3.05, 3.63) is 87.2 Å². The highest BCUT2D eigenvalue weighted by Crippen LogP contribution is 2.27. The number of aromatic nitrogens is 1. The molecule has 4 amide bonds. The first-order valence-corrected chi connectivity index (χ1v) is 10.5. The molecule has 6 nitrogen and oxygen atoms in total. The van der Waals surface area contributed by atoms with Gasteiger partial charge in [-0.2, -0.15) is 0 Å². The van der Waals surface area contributed by atoms with Crippen LogP contribution in [0, 0.1) is 20.8 Å². The number of carbonyl (C=O) groups excluding carboxylic acids is 3. The largest absolute Gasteiger partial charge is 0.335 e. The predicted molar refractivity (Wildman–Crippen MR) is 123 cm³/mol. The van der Waals surface area contributed by atoms with Gasteiger partial charge in [-0.25, -0.2) is 9.69 Å². The molecule has 4 rings (SSSR count). The molecule has 1 aliphatic heterocycles. The molecular weight excluding hydrogens is 458 g/mol. The van der Waals surface area contributed by atoms with Crippen molar-refractivity contribution < 1.29 is 14.4 Å². The van der Waals surface area contributed by atoms with Crippen molar-refractivity contribution >= 4 is 45.5 Å². The van der Waals surface area contributed by atoms with Crippen molar-refractivity contribution in [1.29, 1.82) is 0 Å². The maximum Gasteiger partial charge on any atom is 0.335 e. The minimum absolute atomic E-state index is 0.0843. The number of anilines is 1. The Bertz CT molecular complexity index is 1260. The van der Waals surface area contributed by atoms with Crippen LogP contribution in [0.2, 0.25) is 0 Å². The summed E-state index contributed by atoms with van der Waals surface area (Å²) in [4.78, 5) is 39.2. The second kappa shape index (κ2) is 8.00. The maximum absolute atomic E-state index is 13.2. The Morgan fingerprint density at radius 3 is 2.29 bits per heavy atom.